The minimum Gasteiger partial charge on any atom is -0.497 e. The molecular formula is C17H22O3. The zero-order chi connectivity index (χ0) is 14.3. The van der Waals surface area contributed by atoms with E-state index in [0.717, 1.165) is 25.0 Å². The third kappa shape index (κ3) is 2.19. The highest BCUT2D eigenvalue weighted by Gasteiger charge is 2.44. The van der Waals surface area contributed by atoms with Crippen molar-refractivity contribution in [3.8, 4) is 11.5 Å². The Hall–Kier alpha value is -1.51. The van der Waals surface area contributed by atoms with Gasteiger partial charge in [0.25, 0.3) is 0 Å². The van der Waals surface area contributed by atoms with Crippen LogP contribution in [0.4, 0.5) is 0 Å². The van der Waals surface area contributed by atoms with E-state index >= 15 is 0 Å². The van der Waals surface area contributed by atoms with Crippen LogP contribution in [-0.2, 0) is 0 Å². The van der Waals surface area contributed by atoms with Gasteiger partial charge in [0.2, 0.25) is 0 Å². The van der Waals surface area contributed by atoms with Crippen LogP contribution in [0.1, 0.15) is 49.9 Å². The molecule has 0 bridgehead atoms. The number of carbonyl (C=O) groups is 1. The van der Waals surface area contributed by atoms with Crippen LogP contribution in [-0.4, -0.2) is 18.5 Å². The number of Topliss-reactive ketones (excluding diaryl/α,β-unsaturated/α-hetero) is 1. The Morgan fingerprint density at radius 1 is 1.30 bits per heavy atom. The van der Waals surface area contributed by atoms with Crippen LogP contribution >= 0.6 is 0 Å². The molecule has 3 nitrogen and oxygen atoms in total. The van der Waals surface area contributed by atoms with Crippen molar-refractivity contribution in [1.82, 2.24) is 0 Å². The first kappa shape index (κ1) is 13.5. The van der Waals surface area contributed by atoms with Crippen molar-refractivity contribution in [2.75, 3.05) is 7.11 Å². The van der Waals surface area contributed by atoms with Crippen molar-refractivity contribution < 1.29 is 14.3 Å². The number of rotatable bonds is 1. The molecule has 3 atom stereocenters. The molecule has 2 aliphatic rings. The van der Waals surface area contributed by atoms with E-state index in [1.54, 1.807) is 7.11 Å². The highest BCUT2D eigenvalue weighted by atomic mass is 16.5. The lowest BCUT2D eigenvalue weighted by Gasteiger charge is -2.45. The van der Waals surface area contributed by atoms with Gasteiger partial charge in [0.15, 0.2) is 5.78 Å². The van der Waals surface area contributed by atoms with Gasteiger partial charge >= 0.3 is 0 Å². The Balaban J connectivity index is 1.93. The van der Waals surface area contributed by atoms with Gasteiger partial charge in [-0.15, -0.1) is 0 Å². The average Bonchev–Trinajstić information content (AvgIpc) is 2.43. The van der Waals surface area contributed by atoms with Gasteiger partial charge in [0.05, 0.1) is 19.1 Å². The molecule has 0 saturated heterocycles. The Morgan fingerprint density at radius 2 is 2.10 bits per heavy atom. The summed E-state index contributed by atoms with van der Waals surface area (Å²) in [5.41, 5.74) is 0.408. The number of ketones is 1. The molecule has 1 aromatic carbocycles. The summed E-state index contributed by atoms with van der Waals surface area (Å²) in [6.07, 6.45) is 3.59. The molecule has 0 N–H and O–H groups in total. The zero-order valence-electron chi connectivity index (χ0n) is 12.4. The zero-order valence-corrected chi connectivity index (χ0v) is 12.4. The summed E-state index contributed by atoms with van der Waals surface area (Å²) in [6.45, 7) is 4.56. The summed E-state index contributed by atoms with van der Waals surface area (Å²) in [4.78, 5) is 12.4. The first-order valence-electron chi connectivity index (χ1n) is 7.43. The molecule has 1 saturated carbocycles. The van der Waals surface area contributed by atoms with Crippen molar-refractivity contribution in [3.05, 3.63) is 23.8 Å². The molecule has 1 aliphatic heterocycles. The number of methoxy groups -OCH3 is 1. The molecule has 1 fully saturated rings. The summed E-state index contributed by atoms with van der Waals surface area (Å²) in [6, 6.07) is 5.48. The topological polar surface area (TPSA) is 35.5 Å². The summed E-state index contributed by atoms with van der Waals surface area (Å²) >= 11 is 0. The fourth-order valence-corrected chi connectivity index (χ4v) is 3.52. The second kappa shape index (κ2) is 4.80. The number of carbonyl (C=O) groups excluding carboxylic acids is 1. The summed E-state index contributed by atoms with van der Waals surface area (Å²) in [7, 11) is 1.63. The molecule has 0 radical (unpaired) electrons. The van der Waals surface area contributed by atoms with E-state index in [-0.39, 0.29) is 11.4 Å². The fourth-order valence-electron chi connectivity index (χ4n) is 3.52. The molecular weight excluding hydrogens is 252 g/mol. The maximum absolute atomic E-state index is 12.4. The van der Waals surface area contributed by atoms with E-state index in [4.69, 9.17) is 9.47 Å². The molecule has 1 aromatic rings. The lowest BCUT2D eigenvalue weighted by molar-refractivity contribution is -0.0153. The Morgan fingerprint density at radius 3 is 2.80 bits per heavy atom. The number of fused-ring (bicyclic) bond motifs is 1. The van der Waals surface area contributed by atoms with E-state index in [2.05, 4.69) is 13.8 Å². The van der Waals surface area contributed by atoms with Crippen LogP contribution in [0.5, 0.6) is 11.5 Å². The Labute approximate surface area is 120 Å². The van der Waals surface area contributed by atoms with Crippen molar-refractivity contribution in [2.45, 2.75) is 45.1 Å². The quantitative estimate of drug-likeness (QED) is 0.780. The third-order valence-corrected chi connectivity index (χ3v) is 5.02. The highest BCUT2D eigenvalue weighted by Crippen LogP contribution is 2.45. The molecule has 20 heavy (non-hydrogen) atoms. The van der Waals surface area contributed by atoms with Crippen LogP contribution in [0.3, 0.4) is 0 Å². The number of benzene rings is 1. The van der Waals surface area contributed by atoms with Crippen LogP contribution in [0.25, 0.3) is 0 Å². The first-order chi connectivity index (χ1) is 9.53. The molecule has 3 rings (SSSR count). The maximum atomic E-state index is 12.4. The van der Waals surface area contributed by atoms with E-state index in [0.29, 0.717) is 29.6 Å². The Kier molecular flexibility index (Phi) is 3.23. The van der Waals surface area contributed by atoms with E-state index in [9.17, 15) is 4.79 Å². The minimum atomic E-state index is -0.289. The van der Waals surface area contributed by atoms with Gasteiger partial charge in [0, 0.05) is 6.07 Å². The maximum Gasteiger partial charge on any atom is 0.170 e. The normalized spacial score (nSPS) is 32.6. The van der Waals surface area contributed by atoms with E-state index in [1.165, 1.54) is 0 Å². The fraction of sp³-hybridized carbons (Fsp3) is 0.588. The number of hydrogen-bond acceptors (Lipinski definition) is 3. The minimum absolute atomic E-state index is 0.204. The smallest absolute Gasteiger partial charge is 0.170 e. The second-order valence-corrected chi connectivity index (χ2v) is 6.44. The van der Waals surface area contributed by atoms with Gasteiger partial charge in [-0.25, -0.2) is 0 Å². The standard InChI is InChI=1S/C17H22O3/c1-11-6-7-17(9-12(11)2)10-15(18)14-5-4-13(19-3)8-16(14)20-17/h4-5,8,11-12H,6-7,9-10H2,1-3H3. The molecule has 1 heterocycles. The van der Waals surface area contributed by atoms with E-state index < -0.39 is 0 Å². The molecule has 0 amide bonds. The van der Waals surface area contributed by atoms with Gasteiger partial charge in [-0.3, -0.25) is 4.79 Å². The molecule has 3 heteroatoms. The molecule has 0 aromatic heterocycles. The highest BCUT2D eigenvalue weighted by molar-refractivity contribution is 6.00. The van der Waals surface area contributed by atoms with Gasteiger partial charge in [-0.05, 0) is 43.2 Å². The van der Waals surface area contributed by atoms with Crippen molar-refractivity contribution in [2.24, 2.45) is 11.8 Å². The van der Waals surface area contributed by atoms with Crippen LogP contribution < -0.4 is 9.47 Å². The molecule has 1 spiro atoms. The predicted octanol–water partition coefficient (Wildman–Crippen LogP) is 3.86. The summed E-state index contributed by atoms with van der Waals surface area (Å²) in [5.74, 6) is 2.96. The molecule has 108 valence electrons. The van der Waals surface area contributed by atoms with Gasteiger partial charge in [0.1, 0.15) is 17.1 Å². The molecule has 3 unspecified atom stereocenters. The largest absolute Gasteiger partial charge is 0.497 e. The van der Waals surface area contributed by atoms with Crippen molar-refractivity contribution in [3.63, 3.8) is 0 Å². The SMILES string of the molecule is COc1ccc2c(c1)OC1(CCC(C)C(C)C1)CC2=O. The predicted molar refractivity (Wildman–Crippen MR) is 77.5 cm³/mol. The van der Waals surface area contributed by atoms with Crippen LogP contribution in [0, 0.1) is 11.8 Å². The molecule has 1 aliphatic carbocycles. The monoisotopic (exact) mass is 274 g/mol. The Bertz CT molecular complexity index is 537. The van der Waals surface area contributed by atoms with Crippen molar-refractivity contribution >= 4 is 5.78 Å². The second-order valence-electron chi connectivity index (χ2n) is 6.44. The third-order valence-electron chi connectivity index (χ3n) is 5.02. The van der Waals surface area contributed by atoms with Gasteiger partial charge < -0.3 is 9.47 Å². The summed E-state index contributed by atoms with van der Waals surface area (Å²) < 4.78 is 11.5. The average molecular weight is 274 g/mol. The van der Waals surface area contributed by atoms with Gasteiger partial charge in [-0.1, -0.05) is 13.8 Å². The van der Waals surface area contributed by atoms with Crippen LogP contribution in [0.2, 0.25) is 0 Å². The van der Waals surface area contributed by atoms with Gasteiger partial charge in [-0.2, -0.15) is 0 Å². The number of hydrogen-bond donors (Lipinski definition) is 0. The lowest BCUT2D eigenvalue weighted by Crippen LogP contribution is -2.47. The summed E-state index contributed by atoms with van der Waals surface area (Å²) in [5, 5.41) is 0. The van der Waals surface area contributed by atoms with Crippen LogP contribution in [0.15, 0.2) is 18.2 Å². The van der Waals surface area contributed by atoms with Crippen molar-refractivity contribution in [1.29, 1.82) is 0 Å². The van der Waals surface area contributed by atoms with E-state index in [1.807, 2.05) is 18.2 Å². The first-order valence-corrected chi connectivity index (χ1v) is 7.43. The number of ether oxygens (including phenoxy) is 2. The lowest BCUT2D eigenvalue weighted by atomic mass is 9.70.